The Balaban J connectivity index is 2.03. The second-order valence-electron chi connectivity index (χ2n) is 6.46. The Morgan fingerprint density at radius 1 is 1.41 bits per heavy atom. The minimum atomic E-state index is -2.87. The van der Waals surface area contributed by atoms with Crippen LogP contribution in [0, 0.1) is 11.3 Å². The fourth-order valence-electron chi connectivity index (χ4n) is 3.51. The molecule has 1 saturated heterocycles. The van der Waals surface area contributed by atoms with Crippen molar-refractivity contribution in [3.8, 4) is 6.07 Å². The van der Waals surface area contributed by atoms with Crippen molar-refractivity contribution in [2.45, 2.75) is 56.0 Å². The zero-order valence-electron chi connectivity index (χ0n) is 12.9. The molecule has 7 heteroatoms. The van der Waals surface area contributed by atoms with Crippen LogP contribution in [0.1, 0.15) is 38.5 Å². The first-order chi connectivity index (χ1) is 10.3. The first-order valence-electron chi connectivity index (χ1n) is 7.74. The van der Waals surface area contributed by atoms with Crippen molar-refractivity contribution in [2.24, 2.45) is 0 Å². The molecule has 2 rings (SSSR count). The average Bonchev–Trinajstić information content (AvgIpc) is 2.80. The van der Waals surface area contributed by atoms with Gasteiger partial charge >= 0.3 is 0 Å². The molecule has 0 aromatic heterocycles. The first kappa shape index (κ1) is 17.1. The van der Waals surface area contributed by atoms with Crippen molar-refractivity contribution in [2.75, 3.05) is 26.7 Å². The Bertz CT molecular complexity index is 458. The highest BCUT2D eigenvalue weighted by molar-refractivity contribution is 5.79. The second-order valence-corrected chi connectivity index (χ2v) is 6.46. The molecule has 2 aliphatic rings. The Kier molecular flexibility index (Phi) is 5.03. The van der Waals surface area contributed by atoms with Crippen molar-refractivity contribution in [3.63, 3.8) is 0 Å². The van der Waals surface area contributed by atoms with E-state index in [0.29, 0.717) is 12.8 Å². The number of aliphatic hydroxyl groups is 1. The molecule has 0 bridgehead atoms. The van der Waals surface area contributed by atoms with E-state index >= 15 is 0 Å². The zero-order valence-corrected chi connectivity index (χ0v) is 12.9. The molecular formula is C15H23F2N3O2. The minimum Gasteiger partial charge on any atom is -0.395 e. The predicted molar refractivity (Wildman–Crippen MR) is 76.2 cm³/mol. The number of hydrogen-bond donors (Lipinski definition) is 1. The van der Waals surface area contributed by atoms with Crippen LogP contribution in [0.4, 0.5) is 8.78 Å². The number of hydrogen-bond acceptors (Lipinski definition) is 4. The monoisotopic (exact) mass is 315 g/mol. The molecule has 0 aromatic rings. The Labute approximate surface area is 129 Å². The van der Waals surface area contributed by atoms with Crippen LogP contribution in [0.15, 0.2) is 0 Å². The Morgan fingerprint density at radius 3 is 2.59 bits per heavy atom. The van der Waals surface area contributed by atoms with Crippen LogP contribution in [-0.2, 0) is 4.79 Å². The van der Waals surface area contributed by atoms with Gasteiger partial charge in [-0.2, -0.15) is 5.26 Å². The number of amides is 1. The Morgan fingerprint density at radius 2 is 2.05 bits per heavy atom. The van der Waals surface area contributed by atoms with Crippen molar-refractivity contribution in [1.82, 2.24) is 9.80 Å². The summed E-state index contributed by atoms with van der Waals surface area (Å²) >= 11 is 0. The molecule has 1 aliphatic carbocycles. The summed E-state index contributed by atoms with van der Waals surface area (Å²) in [7, 11) is 1.58. The van der Waals surface area contributed by atoms with Gasteiger partial charge in [0.05, 0.1) is 25.8 Å². The largest absolute Gasteiger partial charge is 0.395 e. The summed E-state index contributed by atoms with van der Waals surface area (Å²) < 4.78 is 26.9. The van der Waals surface area contributed by atoms with Gasteiger partial charge in [-0.1, -0.05) is 19.3 Å². The molecule has 1 atom stereocenters. The molecule has 1 unspecified atom stereocenters. The van der Waals surface area contributed by atoms with E-state index in [0.717, 1.165) is 19.3 Å². The van der Waals surface area contributed by atoms with E-state index in [9.17, 15) is 23.9 Å². The lowest BCUT2D eigenvalue weighted by atomic mass is 9.81. The number of alkyl halides is 2. The molecule has 2 fully saturated rings. The molecule has 5 nitrogen and oxygen atoms in total. The van der Waals surface area contributed by atoms with Gasteiger partial charge in [0.1, 0.15) is 5.54 Å². The van der Waals surface area contributed by atoms with Crippen molar-refractivity contribution < 1.29 is 18.7 Å². The molecule has 1 aliphatic heterocycles. The zero-order chi connectivity index (χ0) is 16.4. The lowest BCUT2D eigenvalue weighted by Gasteiger charge is -2.39. The lowest BCUT2D eigenvalue weighted by Crippen LogP contribution is -2.53. The predicted octanol–water partition coefficient (Wildman–Crippen LogP) is 1.37. The van der Waals surface area contributed by atoms with Crippen molar-refractivity contribution >= 4 is 5.91 Å². The smallest absolute Gasteiger partial charge is 0.262 e. The van der Waals surface area contributed by atoms with Crippen LogP contribution in [0.3, 0.4) is 0 Å². The van der Waals surface area contributed by atoms with E-state index in [-0.39, 0.29) is 12.5 Å². The topological polar surface area (TPSA) is 67.6 Å². The van der Waals surface area contributed by atoms with Crippen LogP contribution < -0.4 is 0 Å². The molecule has 1 amide bonds. The second kappa shape index (κ2) is 6.47. The van der Waals surface area contributed by atoms with Gasteiger partial charge in [-0.25, -0.2) is 8.78 Å². The van der Waals surface area contributed by atoms with Gasteiger partial charge in [0.2, 0.25) is 5.91 Å². The van der Waals surface area contributed by atoms with Crippen molar-refractivity contribution in [1.29, 1.82) is 5.26 Å². The molecule has 1 saturated carbocycles. The third-order valence-electron chi connectivity index (χ3n) is 4.94. The normalized spacial score (nSPS) is 27.3. The molecule has 0 spiro atoms. The molecule has 0 radical (unpaired) electrons. The highest BCUT2D eigenvalue weighted by Crippen LogP contribution is 2.34. The van der Waals surface area contributed by atoms with Crippen LogP contribution in [0.25, 0.3) is 0 Å². The van der Waals surface area contributed by atoms with Gasteiger partial charge < -0.3 is 10.0 Å². The number of nitriles is 1. The number of nitrogens with zero attached hydrogens (tertiary/aromatic N) is 3. The van der Waals surface area contributed by atoms with E-state index in [1.54, 1.807) is 7.05 Å². The molecule has 1 heterocycles. The maximum absolute atomic E-state index is 13.4. The van der Waals surface area contributed by atoms with Gasteiger partial charge in [-0.05, 0) is 12.8 Å². The summed E-state index contributed by atoms with van der Waals surface area (Å²) in [5, 5.41) is 18.7. The average molecular weight is 315 g/mol. The van der Waals surface area contributed by atoms with Crippen molar-refractivity contribution in [3.05, 3.63) is 0 Å². The first-order valence-corrected chi connectivity index (χ1v) is 7.74. The standard InChI is InChI=1S/C15H23F2N3O2/c1-19(14(10-18)5-3-2-4-6-14)13(22)8-20-11-15(16,17)7-12(20)9-21/h12,21H,2-9,11H2,1H3. The molecular weight excluding hydrogens is 292 g/mol. The number of carbonyl (C=O) groups excluding carboxylic acids is 1. The molecule has 0 aromatic carbocycles. The highest BCUT2D eigenvalue weighted by atomic mass is 19.3. The SMILES string of the molecule is CN(C(=O)CN1CC(F)(F)CC1CO)C1(C#N)CCCCC1. The number of halogens is 2. The van der Waals surface area contributed by atoms with Gasteiger partial charge in [0, 0.05) is 19.5 Å². The van der Waals surface area contributed by atoms with E-state index in [1.165, 1.54) is 9.80 Å². The third-order valence-corrected chi connectivity index (χ3v) is 4.94. The number of aliphatic hydroxyl groups excluding tert-OH is 1. The lowest BCUT2D eigenvalue weighted by molar-refractivity contribution is -0.136. The molecule has 1 N–H and O–H groups in total. The van der Waals surface area contributed by atoms with Crippen LogP contribution in [-0.4, -0.2) is 65.1 Å². The minimum absolute atomic E-state index is 0.180. The summed E-state index contributed by atoms with van der Waals surface area (Å²) in [6.07, 6.45) is 3.68. The molecule has 124 valence electrons. The number of rotatable bonds is 4. The van der Waals surface area contributed by atoms with E-state index in [1.807, 2.05) is 0 Å². The van der Waals surface area contributed by atoms with E-state index < -0.39 is 37.1 Å². The highest BCUT2D eigenvalue weighted by Gasteiger charge is 2.46. The number of carbonyl (C=O) groups is 1. The summed E-state index contributed by atoms with van der Waals surface area (Å²) in [5.41, 5.74) is -0.813. The summed E-state index contributed by atoms with van der Waals surface area (Å²) in [6.45, 7) is -1.09. The van der Waals surface area contributed by atoms with Gasteiger partial charge in [0.15, 0.2) is 0 Å². The summed E-state index contributed by atoms with van der Waals surface area (Å²) in [5.74, 6) is -3.20. The van der Waals surface area contributed by atoms with Crippen LogP contribution in [0.2, 0.25) is 0 Å². The van der Waals surface area contributed by atoms with Crippen LogP contribution >= 0.6 is 0 Å². The van der Waals surface area contributed by atoms with E-state index in [4.69, 9.17) is 0 Å². The quantitative estimate of drug-likeness (QED) is 0.851. The fraction of sp³-hybridized carbons (Fsp3) is 0.867. The van der Waals surface area contributed by atoms with Gasteiger partial charge in [-0.15, -0.1) is 0 Å². The van der Waals surface area contributed by atoms with E-state index in [2.05, 4.69) is 6.07 Å². The number of likely N-dealkylation sites (tertiary alicyclic amines) is 1. The third kappa shape index (κ3) is 3.39. The summed E-state index contributed by atoms with van der Waals surface area (Å²) in [4.78, 5) is 15.2. The van der Waals surface area contributed by atoms with Gasteiger partial charge in [-0.3, -0.25) is 9.69 Å². The van der Waals surface area contributed by atoms with Gasteiger partial charge in [0.25, 0.3) is 5.92 Å². The fourth-order valence-corrected chi connectivity index (χ4v) is 3.51. The summed E-state index contributed by atoms with van der Waals surface area (Å²) in [6, 6.07) is 1.56. The van der Waals surface area contributed by atoms with Crippen LogP contribution in [0.5, 0.6) is 0 Å². The number of likely N-dealkylation sites (N-methyl/N-ethyl adjacent to an activating group) is 1. The Hall–Kier alpha value is -1.26. The maximum atomic E-state index is 13.4. The molecule has 22 heavy (non-hydrogen) atoms. The maximum Gasteiger partial charge on any atom is 0.262 e.